The molecular formula is C10H23NO2. The largest absolute Gasteiger partial charge is 0.391 e. The van der Waals surface area contributed by atoms with Crippen LogP contribution in [0.3, 0.4) is 0 Å². The van der Waals surface area contributed by atoms with Crippen molar-refractivity contribution in [2.45, 2.75) is 32.8 Å². The van der Waals surface area contributed by atoms with Gasteiger partial charge in [-0.2, -0.15) is 0 Å². The van der Waals surface area contributed by atoms with Gasteiger partial charge in [0.1, 0.15) is 0 Å². The SMILES string of the molecule is CCC(C)CNCCC(O)COC. The van der Waals surface area contributed by atoms with Crippen molar-refractivity contribution in [3.63, 3.8) is 0 Å². The molecule has 2 unspecified atom stereocenters. The van der Waals surface area contributed by atoms with E-state index < -0.39 is 0 Å². The number of nitrogens with one attached hydrogen (secondary N) is 1. The van der Waals surface area contributed by atoms with Crippen molar-refractivity contribution in [1.82, 2.24) is 5.32 Å². The molecule has 0 saturated heterocycles. The van der Waals surface area contributed by atoms with Crippen molar-refractivity contribution in [1.29, 1.82) is 0 Å². The summed E-state index contributed by atoms with van der Waals surface area (Å²) in [5.74, 6) is 0.722. The van der Waals surface area contributed by atoms with E-state index in [0.29, 0.717) is 6.61 Å². The summed E-state index contributed by atoms with van der Waals surface area (Å²) in [5, 5.41) is 12.6. The predicted molar refractivity (Wildman–Crippen MR) is 54.8 cm³/mol. The third-order valence-corrected chi connectivity index (χ3v) is 2.20. The summed E-state index contributed by atoms with van der Waals surface area (Å²) >= 11 is 0. The maximum absolute atomic E-state index is 9.31. The minimum absolute atomic E-state index is 0.325. The second-order valence-electron chi connectivity index (χ2n) is 3.62. The molecule has 0 fully saturated rings. The number of ether oxygens (including phenoxy) is 1. The maximum Gasteiger partial charge on any atom is 0.0785 e. The molecule has 0 aliphatic heterocycles. The van der Waals surface area contributed by atoms with E-state index in [4.69, 9.17) is 4.74 Å². The van der Waals surface area contributed by atoms with Gasteiger partial charge in [-0.25, -0.2) is 0 Å². The summed E-state index contributed by atoms with van der Waals surface area (Å²) in [6, 6.07) is 0. The van der Waals surface area contributed by atoms with Crippen molar-refractivity contribution < 1.29 is 9.84 Å². The maximum atomic E-state index is 9.31. The second kappa shape index (κ2) is 8.48. The van der Waals surface area contributed by atoms with E-state index in [-0.39, 0.29) is 6.10 Å². The van der Waals surface area contributed by atoms with Crippen LogP contribution in [0.15, 0.2) is 0 Å². The van der Waals surface area contributed by atoms with Crippen LogP contribution < -0.4 is 5.32 Å². The van der Waals surface area contributed by atoms with Crippen LogP contribution in [0.5, 0.6) is 0 Å². The monoisotopic (exact) mass is 189 g/mol. The quantitative estimate of drug-likeness (QED) is 0.560. The van der Waals surface area contributed by atoms with Gasteiger partial charge < -0.3 is 15.2 Å². The molecule has 3 heteroatoms. The van der Waals surface area contributed by atoms with Crippen LogP contribution in [0.25, 0.3) is 0 Å². The summed E-state index contributed by atoms with van der Waals surface area (Å²) < 4.78 is 4.83. The van der Waals surface area contributed by atoms with Crippen LogP contribution in [0.2, 0.25) is 0 Å². The van der Waals surface area contributed by atoms with Gasteiger partial charge in [-0.1, -0.05) is 20.3 Å². The highest BCUT2D eigenvalue weighted by Crippen LogP contribution is 1.97. The Morgan fingerprint density at radius 1 is 1.46 bits per heavy atom. The van der Waals surface area contributed by atoms with Crippen molar-refractivity contribution in [3.05, 3.63) is 0 Å². The lowest BCUT2D eigenvalue weighted by atomic mass is 10.1. The highest BCUT2D eigenvalue weighted by Gasteiger charge is 2.02. The lowest BCUT2D eigenvalue weighted by molar-refractivity contribution is 0.0593. The predicted octanol–water partition coefficient (Wildman–Crippen LogP) is 1.02. The minimum atomic E-state index is -0.325. The Kier molecular flexibility index (Phi) is 8.40. The zero-order chi connectivity index (χ0) is 10.1. The van der Waals surface area contributed by atoms with Crippen LogP contribution in [0.4, 0.5) is 0 Å². The van der Waals surface area contributed by atoms with Crippen LogP contribution in [-0.2, 0) is 4.74 Å². The van der Waals surface area contributed by atoms with Crippen molar-refractivity contribution >= 4 is 0 Å². The van der Waals surface area contributed by atoms with E-state index in [1.807, 2.05) is 0 Å². The van der Waals surface area contributed by atoms with Crippen molar-refractivity contribution in [3.8, 4) is 0 Å². The van der Waals surface area contributed by atoms with Gasteiger partial charge >= 0.3 is 0 Å². The summed E-state index contributed by atoms with van der Waals surface area (Å²) in [6.45, 7) is 6.75. The fourth-order valence-corrected chi connectivity index (χ4v) is 1.04. The van der Waals surface area contributed by atoms with E-state index >= 15 is 0 Å². The molecule has 0 aromatic carbocycles. The Bertz CT molecular complexity index is 109. The van der Waals surface area contributed by atoms with Gasteiger partial charge in [0.05, 0.1) is 12.7 Å². The Morgan fingerprint density at radius 3 is 2.69 bits per heavy atom. The highest BCUT2D eigenvalue weighted by molar-refractivity contribution is 4.59. The third-order valence-electron chi connectivity index (χ3n) is 2.20. The van der Waals surface area contributed by atoms with Gasteiger partial charge in [0.15, 0.2) is 0 Å². The molecule has 0 spiro atoms. The molecule has 13 heavy (non-hydrogen) atoms. The molecule has 80 valence electrons. The standard InChI is InChI=1S/C10H23NO2/c1-4-9(2)7-11-6-5-10(12)8-13-3/h9-12H,4-8H2,1-3H3. The number of aliphatic hydroxyl groups excluding tert-OH is 1. The molecule has 2 atom stereocenters. The first-order chi connectivity index (χ1) is 6.20. The smallest absolute Gasteiger partial charge is 0.0785 e. The highest BCUT2D eigenvalue weighted by atomic mass is 16.5. The first-order valence-electron chi connectivity index (χ1n) is 5.08. The Balaban J connectivity index is 3.15. The average molecular weight is 189 g/mol. The number of rotatable bonds is 8. The molecule has 0 bridgehead atoms. The summed E-state index contributed by atoms with van der Waals surface area (Å²) in [7, 11) is 1.61. The fourth-order valence-electron chi connectivity index (χ4n) is 1.04. The molecule has 0 heterocycles. The zero-order valence-electron chi connectivity index (χ0n) is 9.05. The Labute approximate surface area is 81.5 Å². The molecule has 0 aromatic heterocycles. The van der Waals surface area contributed by atoms with Gasteiger partial charge in [0, 0.05) is 7.11 Å². The topological polar surface area (TPSA) is 41.5 Å². The Hall–Kier alpha value is -0.120. The first kappa shape index (κ1) is 12.9. The van der Waals surface area contributed by atoms with Crippen molar-refractivity contribution in [2.75, 3.05) is 26.8 Å². The second-order valence-corrected chi connectivity index (χ2v) is 3.62. The zero-order valence-corrected chi connectivity index (χ0v) is 9.05. The van der Waals surface area contributed by atoms with E-state index in [9.17, 15) is 5.11 Å². The molecule has 3 nitrogen and oxygen atoms in total. The van der Waals surface area contributed by atoms with Gasteiger partial charge in [-0.05, 0) is 25.4 Å². The summed E-state index contributed by atoms with van der Waals surface area (Å²) in [6.07, 6.45) is 1.65. The van der Waals surface area contributed by atoms with Gasteiger partial charge in [-0.3, -0.25) is 0 Å². The molecule has 2 N–H and O–H groups in total. The van der Waals surface area contributed by atoms with E-state index in [1.165, 1.54) is 6.42 Å². The molecule has 0 saturated carbocycles. The van der Waals surface area contributed by atoms with Gasteiger partial charge in [-0.15, -0.1) is 0 Å². The number of methoxy groups -OCH3 is 1. The van der Waals surface area contributed by atoms with Gasteiger partial charge in [0.2, 0.25) is 0 Å². The number of aliphatic hydroxyl groups is 1. The molecule has 0 aliphatic carbocycles. The molecule has 0 rings (SSSR count). The number of hydrogen-bond acceptors (Lipinski definition) is 3. The lowest BCUT2D eigenvalue weighted by Crippen LogP contribution is -2.26. The molecule has 0 amide bonds. The fraction of sp³-hybridized carbons (Fsp3) is 1.00. The van der Waals surface area contributed by atoms with E-state index in [1.54, 1.807) is 7.11 Å². The van der Waals surface area contributed by atoms with E-state index in [2.05, 4.69) is 19.2 Å². The normalized spacial score (nSPS) is 15.7. The van der Waals surface area contributed by atoms with Crippen LogP contribution in [0, 0.1) is 5.92 Å². The Morgan fingerprint density at radius 2 is 2.15 bits per heavy atom. The first-order valence-corrected chi connectivity index (χ1v) is 5.08. The van der Waals surface area contributed by atoms with Crippen LogP contribution >= 0.6 is 0 Å². The van der Waals surface area contributed by atoms with E-state index in [0.717, 1.165) is 25.4 Å². The van der Waals surface area contributed by atoms with Crippen LogP contribution in [0.1, 0.15) is 26.7 Å². The molecule has 0 radical (unpaired) electrons. The molecular weight excluding hydrogens is 166 g/mol. The van der Waals surface area contributed by atoms with Gasteiger partial charge in [0.25, 0.3) is 0 Å². The lowest BCUT2D eigenvalue weighted by Gasteiger charge is -2.12. The molecule has 0 aliphatic rings. The summed E-state index contributed by atoms with van der Waals surface area (Å²) in [4.78, 5) is 0. The minimum Gasteiger partial charge on any atom is -0.391 e. The molecule has 0 aromatic rings. The summed E-state index contributed by atoms with van der Waals surface area (Å²) in [5.41, 5.74) is 0. The third kappa shape index (κ3) is 8.22. The van der Waals surface area contributed by atoms with Crippen LogP contribution in [-0.4, -0.2) is 38.0 Å². The van der Waals surface area contributed by atoms with Crippen molar-refractivity contribution in [2.24, 2.45) is 5.92 Å². The number of hydrogen-bond donors (Lipinski definition) is 2. The average Bonchev–Trinajstić information content (AvgIpc) is 2.12.